The van der Waals surface area contributed by atoms with E-state index in [4.69, 9.17) is 10.2 Å². The summed E-state index contributed by atoms with van der Waals surface area (Å²) in [5.74, 6) is 2.00. The molecule has 1 aliphatic rings. The van der Waals surface area contributed by atoms with Crippen molar-refractivity contribution >= 4 is 28.2 Å². The Morgan fingerprint density at radius 1 is 1.10 bits per heavy atom. The number of alkyl halides is 3. The normalized spacial score (nSPS) is 14.9. The monoisotopic (exact) mass is 534 g/mol. The van der Waals surface area contributed by atoms with Gasteiger partial charge in [-0.1, -0.05) is 32.6 Å². The summed E-state index contributed by atoms with van der Waals surface area (Å²) >= 11 is 0. The first-order valence-electron chi connectivity index (χ1n) is 13.3. The summed E-state index contributed by atoms with van der Waals surface area (Å²) < 4.78 is 44.5. The molecule has 0 atom stereocenters. The smallest absolute Gasteiger partial charge is 0.417 e. The average Bonchev–Trinajstić information content (AvgIpc) is 3.35. The van der Waals surface area contributed by atoms with Crippen molar-refractivity contribution in [2.75, 3.05) is 23.7 Å². The highest BCUT2D eigenvalue weighted by atomic mass is 19.4. The fraction of sp³-hybridized carbons (Fsp3) is 0.355. The molecule has 2 aromatic heterocycles. The number of oxazole rings is 1. The molecule has 1 aliphatic heterocycles. The number of aromatic nitrogens is 2. The molecule has 39 heavy (non-hydrogen) atoms. The number of nitrogen functional groups attached to an aromatic ring is 1. The number of benzene rings is 2. The van der Waals surface area contributed by atoms with E-state index in [1.54, 1.807) is 0 Å². The Morgan fingerprint density at radius 3 is 2.44 bits per heavy atom. The molecule has 5 nitrogen and oxygen atoms in total. The molecule has 4 aromatic rings. The van der Waals surface area contributed by atoms with E-state index in [2.05, 4.69) is 47.4 Å². The van der Waals surface area contributed by atoms with Crippen LogP contribution in [0.1, 0.15) is 62.1 Å². The van der Waals surface area contributed by atoms with Crippen LogP contribution in [-0.4, -0.2) is 23.1 Å². The molecule has 204 valence electrons. The van der Waals surface area contributed by atoms with Crippen molar-refractivity contribution in [3.05, 3.63) is 78.0 Å². The van der Waals surface area contributed by atoms with Crippen molar-refractivity contribution in [3.8, 4) is 11.5 Å². The Kier molecular flexibility index (Phi) is 7.38. The van der Waals surface area contributed by atoms with E-state index >= 15 is 0 Å². The van der Waals surface area contributed by atoms with Gasteiger partial charge >= 0.3 is 6.18 Å². The van der Waals surface area contributed by atoms with Crippen molar-refractivity contribution in [3.63, 3.8) is 0 Å². The quantitative estimate of drug-likeness (QED) is 0.242. The second-order valence-corrected chi connectivity index (χ2v) is 10.7. The van der Waals surface area contributed by atoms with Crippen LogP contribution in [0.25, 0.3) is 28.1 Å². The summed E-state index contributed by atoms with van der Waals surface area (Å²) in [6.45, 7) is 10.1. The van der Waals surface area contributed by atoms with Gasteiger partial charge in [0.25, 0.3) is 0 Å². The van der Waals surface area contributed by atoms with Crippen molar-refractivity contribution in [1.29, 1.82) is 0 Å². The molecule has 0 aliphatic carbocycles. The second kappa shape index (κ2) is 10.8. The number of allylic oxidation sites excluding steroid dienone is 1. The predicted octanol–water partition coefficient (Wildman–Crippen LogP) is 8.32. The number of halogens is 3. The Labute approximate surface area is 226 Å². The van der Waals surface area contributed by atoms with Crippen molar-refractivity contribution in [2.24, 2.45) is 5.92 Å². The molecular weight excluding hydrogens is 501 g/mol. The molecule has 1 saturated heterocycles. The zero-order valence-corrected chi connectivity index (χ0v) is 22.3. The molecule has 3 heterocycles. The molecule has 2 aromatic carbocycles. The third-order valence-corrected chi connectivity index (χ3v) is 7.57. The van der Waals surface area contributed by atoms with Gasteiger partial charge in [-0.25, -0.2) is 9.97 Å². The molecule has 0 saturated carbocycles. The zero-order chi connectivity index (χ0) is 27.7. The van der Waals surface area contributed by atoms with Crippen LogP contribution < -0.4 is 10.6 Å². The van der Waals surface area contributed by atoms with Crippen molar-refractivity contribution in [2.45, 2.75) is 51.6 Å². The predicted molar refractivity (Wildman–Crippen MR) is 150 cm³/mol. The number of fused-ring (bicyclic) bond motifs is 1. The van der Waals surface area contributed by atoms with Gasteiger partial charge in [0.15, 0.2) is 5.58 Å². The Bertz CT molecular complexity index is 1450. The van der Waals surface area contributed by atoms with Gasteiger partial charge < -0.3 is 15.1 Å². The van der Waals surface area contributed by atoms with E-state index < -0.39 is 11.7 Å². The molecular formula is C31H33F3N4O. The van der Waals surface area contributed by atoms with Crippen LogP contribution in [0.2, 0.25) is 0 Å². The summed E-state index contributed by atoms with van der Waals surface area (Å²) in [6.07, 6.45) is 0.435. The first kappa shape index (κ1) is 26.8. The Morgan fingerprint density at radius 2 is 1.82 bits per heavy atom. The van der Waals surface area contributed by atoms with Crippen LogP contribution >= 0.6 is 0 Å². The SMILES string of the molecule is C=C(CCC1CCN(c2ccc(C(F)(F)F)cn2)CC1)c1ccc(-c2nc3cc(N)cc(C(C)C)c3o2)cc1. The van der Waals surface area contributed by atoms with E-state index in [-0.39, 0.29) is 5.92 Å². The first-order chi connectivity index (χ1) is 18.6. The largest absolute Gasteiger partial charge is 0.436 e. The number of nitrogens with zero attached hydrogens (tertiary/aromatic N) is 3. The van der Waals surface area contributed by atoms with Crippen LogP contribution in [0.4, 0.5) is 24.7 Å². The van der Waals surface area contributed by atoms with E-state index in [1.807, 2.05) is 24.3 Å². The van der Waals surface area contributed by atoms with Gasteiger partial charge in [0.2, 0.25) is 5.89 Å². The number of anilines is 2. The zero-order valence-electron chi connectivity index (χ0n) is 22.3. The first-order valence-corrected chi connectivity index (χ1v) is 13.3. The Hall–Kier alpha value is -3.81. The molecule has 0 amide bonds. The average molecular weight is 535 g/mol. The highest BCUT2D eigenvalue weighted by Gasteiger charge is 2.31. The van der Waals surface area contributed by atoms with Crippen LogP contribution in [0.3, 0.4) is 0 Å². The van der Waals surface area contributed by atoms with Crippen molar-refractivity contribution in [1.82, 2.24) is 9.97 Å². The third-order valence-electron chi connectivity index (χ3n) is 7.57. The number of nitrogens with two attached hydrogens (primary N) is 1. The van der Waals surface area contributed by atoms with Gasteiger partial charge in [0.1, 0.15) is 11.3 Å². The molecule has 0 bridgehead atoms. The van der Waals surface area contributed by atoms with Gasteiger partial charge in [0, 0.05) is 36.1 Å². The lowest BCUT2D eigenvalue weighted by Crippen LogP contribution is -2.34. The molecule has 8 heteroatoms. The lowest BCUT2D eigenvalue weighted by Gasteiger charge is -2.33. The number of pyridine rings is 1. The molecule has 2 N–H and O–H groups in total. The van der Waals surface area contributed by atoms with Crippen LogP contribution in [0.15, 0.2) is 65.7 Å². The number of piperidine rings is 1. The Balaban J connectivity index is 1.15. The van der Waals surface area contributed by atoms with Crippen LogP contribution in [0, 0.1) is 5.92 Å². The minimum absolute atomic E-state index is 0.274. The van der Waals surface area contributed by atoms with E-state index in [0.29, 0.717) is 23.3 Å². The highest BCUT2D eigenvalue weighted by Crippen LogP contribution is 2.34. The minimum atomic E-state index is -4.36. The maximum atomic E-state index is 12.8. The summed E-state index contributed by atoms with van der Waals surface area (Å²) in [5, 5.41) is 0. The van der Waals surface area contributed by atoms with Gasteiger partial charge in [-0.2, -0.15) is 13.2 Å². The molecule has 5 rings (SSSR count). The highest BCUT2D eigenvalue weighted by molar-refractivity contribution is 5.83. The van der Waals surface area contributed by atoms with Gasteiger partial charge in [-0.05, 0) is 85.1 Å². The topological polar surface area (TPSA) is 68.2 Å². The van der Waals surface area contributed by atoms with E-state index in [9.17, 15) is 13.2 Å². The molecule has 1 fully saturated rings. The fourth-order valence-electron chi connectivity index (χ4n) is 5.20. The van der Waals surface area contributed by atoms with Crippen LogP contribution in [0.5, 0.6) is 0 Å². The standard InChI is InChI=1S/C31H33F3N4O/c1-19(2)26-16-25(35)17-27-29(26)39-30(37-27)23-8-6-22(7-9-23)20(3)4-5-21-12-14-38(15-13-21)28-11-10-24(18-36-28)31(32,33)34/h6-11,16-19,21H,3-5,12-15,35H2,1-2H3. The van der Waals surface area contributed by atoms with Crippen LogP contribution in [-0.2, 0) is 6.18 Å². The second-order valence-electron chi connectivity index (χ2n) is 10.7. The summed E-state index contributed by atoms with van der Waals surface area (Å²) in [5.41, 5.74) is 11.7. The molecule has 0 unspecified atom stereocenters. The fourth-order valence-corrected chi connectivity index (χ4v) is 5.20. The lowest BCUT2D eigenvalue weighted by atomic mass is 9.89. The van der Waals surface area contributed by atoms with E-state index in [0.717, 1.165) is 84.4 Å². The van der Waals surface area contributed by atoms with Gasteiger partial charge in [-0.3, -0.25) is 0 Å². The maximum Gasteiger partial charge on any atom is 0.417 e. The minimum Gasteiger partial charge on any atom is -0.436 e. The van der Waals surface area contributed by atoms with E-state index in [1.165, 1.54) is 6.07 Å². The number of rotatable bonds is 7. The molecule has 0 radical (unpaired) electrons. The number of hydrogen-bond donors (Lipinski definition) is 1. The van der Waals surface area contributed by atoms with Gasteiger partial charge in [-0.15, -0.1) is 0 Å². The van der Waals surface area contributed by atoms with Crippen molar-refractivity contribution < 1.29 is 17.6 Å². The number of hydrogen-bond acceptors (Lipinski definition) is 5. The summed E-state index contributed by atoms with van der Waals surface area (Å²) in [4.78, 5) is 10.8. The summed E-state index contributed by atoms with van der Waals surface area (Å²) in [7, 11) is 0. The maximum absolute atomic E-state index is 12.8. The summed E-state index contributed by atoms with van der Waals surface area (Å²) in [6, 6.07) is 14.5. The lowest BCUT2D eigenvalue weighted by molar-refractivity contribution is -0.137. The van der Waals surface area contributed by atoms with Gasteiger partial charge in [0.05, 0.1) is 5.56 Å². The third kappa shape index (κ3) is 5.95. The molecule has 0 spiro atoms.